The lowest BCUT2D eigenvalue weighted by Gasteiger charge is -2.38. The molecule has 2 aliphatic rings. The fourth-order valence-corrected chi connectivity index (χ4v) is 4.78. The molecule has 0 aliphatic heterocycles. The lowest BCUT2D eigenvalue weighted by Crippen LogP contribution is -2.26. The third kappa shape index (κ3) is 17.1. The van der Waals surface area contributed by atoms with Crippen LogP contribution in [-0.4, -0.2) is 0 Å². The topological polar surface area (TPSA) is 0 Å². The van der Waals surface area contributed by atoms with E-state index in [-0.39, 0.29) is 0 Å². The van der Waals surface area contributed by atoms with Gasteiger partial charge < -0.3 is 0 Å². The molecule has 0 nitrogen and oxygen atoms in total. The van der Waals surface area contributed by atoms with E-state index < -0.39 is 0 Å². The summed E-state index contributed by atoms with van der Waals surface area (Å²) in [4.78, 5) is 0. The molecule has 0 heteroatoms. The van der Waals surface area contributed by atoms with Gasteiger partial charge >= 0.3 is 0 Å². The average Bonchev–Trinajstić information content (AvgIpc) is 2.98. The molecular weight excluding hydrogens is 444 g/mol. The van der Waals surface area contributed by atoms with Gasteiger partial charge in [0.05, 0.1) is 0 Å². The van der Waals surface area contributed by atoms with Crippen molar-refractivity contribution in [2.75, 3.05) is 0 Å². The predicted molar refractivity (Wildman–Crippen MR) is 170 cm³/mol. The van der Waals surface area contributed by atoms with Gasteiger partial charge in [-0.15, -0.1) is 0 Å². The first-order valence-electron chi connectivity index (χ1n) is 15.3. The molecule has 0 amide bonds. The van der Waals surface area contributed by atoms with Crippen LogP contribution >= 0.6 is 0 Å². The largest absolute Gasteiger partial charge is 0.0991 e. The lowest BCUT2D eigenvalue weighted by atomic mass is 9.68. The predicted octanol–water partition coefficient (Wildman–Crippen LogP) is 12.4. The van der Waals surface area contributed by atoms with Crippen LogP contribution in [0.5, 0.6) is 0 Å². The van der Waals surface area contributed by atoms with Gasteiger partial charge in [0.15, 0.2) is 0 Å². The van der Waals surface area contributed by atoms with E-state index >= 15 is 0 Å². The second-order valence-corrected chi connectivity index (χ2v) is 10.7. The molecule has 0 aromatic heterocycles. The van der Waals surface area contributed by atoms with Gasteiger partial charge in [-0.3, -0.25) is 0 Å². The van der Waals surface area contributed by atoms with Gasteiger partial charge in [0.1, 0.15) is 0 Å². The standard InChI is InChI=1S/C14H14.C11H20.2C4H10.C4H6/c1-12(13-8-4-2-5-9-13)14-10-6-3-7-11-14;1-9-6-7-10-4-2-3-5-11(10)8-9;3*1-3-4-2/h2-12H,1H3;9-11H,2-8H2,1H3;2*3-4H2,1-2H3;3-4H,1-2H2. The lowest BCUT2D eigenvalue weighted by molar-refractivity contribution is 0.137. The highest BCUT2D eigenvalue weighted by Gasteiger charge is 2.30. The van der Waals surface area contributed by atoms with Gasteiger partial charge in [-0.05, 0) is 41.7 Å². The summed E-state index contributed by atoms with van der Waals surface area (Å²) in [6, 6.07) is 21.2. The summed E-state index contributed by atoms with van der Waals surface area (Å²) in [6.07, 6.45) is 19.3. The zero-order valence-corrected chi connectivity index (χ0v) is 25.4. The minimum atomic E-state index is 0.484. The zero-order valence-electron chi connectivity index (χ0n) is 25.4. The van der Waals surface area contributed by atoms with E-state index in [1.807, 2.05) is 0 Å². The first kappa shape index (κ1) is 34.9. The van der Waals surface area contributed by atoms with Crippen LogP contribution in [0, 0.1) is 17.8 Å². The van der Waals surface area contributed by atoms with Crippen molar-refractivity contribution in [1.29, 1.82) is 0 Å². The molecule has 3 unspecified atom stereocenters. The highest BCUT2D eigenvalue weighted by atomic mass is 14.4. The molecule has 2 aliphatic carbocycles. The molecule has 2 fully saturated rings. The van der Waals surface area contributed by atoms with Crippen LogP contribution < -0.4 is 0 Å². The first-order chi connectivity index (χ1) is 18.0. The van der Waals surface area contributed by atoms with Crippen molar-refractivity contribution in [1.82, 2.24) is 0 Å². The number of rotatable bonds is 5. The number of hydrogen-bond acceptors (Lipinski definition) is 0. The maximum atomic E-state index is 3.36. The van der Waals surface area contributed by atoms with Gasteiger partial charge in [0, 0.05) is 5.92 Å². The van der Waals surface area contributed by atoms with E-state index in [1.54, 1.807) is 37.8 Å². The average molecular weight is 505 g/mol. The molecule has 0 N–H and O–H groups in total. The van der Waals surface area contributed by atoms with Crippen LogP contribution in [0.4, 0.5) is 0 Å². The molecule has 0 heterocycles. The summed E-state index contributed by atoms with van der Waals surface area (Å²) in [5, 5.41) is 0. The second-order valence-electron chi connectivity index (χ2n) is 10.7. The summed E-state index contributed by atoms with van der Waals surface area (Å²) in [6.45, 7) is 20.1. The van der Waals surface area contributed by atoms with Crippen molar-refractivity contribution in [3.05, 3.63) is 97.1 Å². The molecule has 0 radical (unpaired) electrons. The van der Waals surface area contributed by atoms with Crippen molar-refractivity contribution in [2.24, 2.45) is 17.8 Å². The molecule has 2 saturated carbocycles. The Morgan fingerprint density at radius 1 is 0.649 bits per heavy atom. The van der Waals surface area contributed by atoms with E-state index in [0.717, 1.165) is 17.8 Å². The smallest absolute Gasteiger partial charge is 0.00610 e. The van der Waals surface area contributed by atoms with Gasteiger partial charge in [-0.2, -0.15) is 0 Å². The van der Waals surface area contributed by atoms with Gasteiger partial charge in [-0.25, -0.2) is 0 Å². The summed E-state index contributed by atoms with van der Waals surface area (Å²) in [7, 11) is 0. The van der Waals surface area contributed by atoms with Crippen molar-refractivity contribution >= 4 is 0 Å². The number of fused-ring (bicyclic) bond motifs is 1. The zero-order chi connectivity index (χ0) is 27.7. The van der Waals surface area contributed by atoms with E-state index in [4.69, 9.17) is 0 Å². The first-order valence-corrected chi connectivity index (χ1v) is 15.3. The van der Waals surface area contributed by atoms with E-state index in [0.29, 0.717) is 5.92 Å². The maximum absolute atomic E-state index is 3.36. The minimum Gasteiger partial charge on any atom is -0.0991 e. The van der Waals surface area contributed by atoms with Crippen molar-refractivity contribution in [2.45, 2.75) is 118 Å². The number of allylic oxidation sites excluding steroid dienone is 2. The number of benzene rings is 2. The Labute approximate surface area is 232 Å². The van der Waals surface area contributed by atoms with Crippen LogP contribution in [0.3, 0.4) is 0 Å². The highest BCUT2D eigenvalue weighted by Crippen LogP contribution is 2.42. The monoisotopic (exact) mass is 504 g/mol. The van der Waals surface area contributed by atoms with E-state index in [2.05, 4.69) is 115 Å². The summed E-state index contributed by atoms with van der Waals surface area (Å²) in [5.41, 5.74) is 2.75. The Balaban J connectivity index is 0.000000499. The molecule has 4 rings (SSSR count). The Hall–Kier alpha value is -2.08. The Morgan fingerprint density at radius 3 is 1.43 bits per heavy atom. The van der Waals surface area contributed by atoms with E-state index in [9.17, 15) is 0 Å². The maximum Gasteiger partial charge on any atom is 0.00610 e. The molecule has 208 valence electrons. The quantitative estimate of drug-likeness (QED) is 0.355. The van der Waals surface area contributed by atoms with Gasteiger partial charge in [0.2, 0.25) is 0 Å². The molecule has 0 spiro atoms. The molecule has 3 atom stereocenters. The second kappa shape index (κ2) is 24.3. The van der Waals surface area contributed by atoms with Crippen molar-refractivity contribution in [3.63, 3.8) is 0 Å². The molecule has 37 heavy (non-hydrogen) atoms. The summed E-state index contributed by atoms with van der Waals surface area (Å²) >= 11 is 0. The normalized spacial score (nSPS) is 19.5. The molecule has 2 aromatic carbocycles. The Kier molecular flexibility index (Phi) is 22.9. The SMILES string of the molecule is C=CC=C.CC(c1ccccc1)c1ccccc1.CC1CCC2CCCCC2C1.CCCC.CCCC. The van der Waals surface area contributed by atoms with Crippen LogP contribution in [0.2, 0.25) is 0 Å². The fourth-order valence-electron chi connectivity index (χ4n) is 4.78. The van der Waals surface area contributed by atoms with Crippen molar-refractivity contribution in [3.8, 4) is 0 Å². The molecule has 2 aromatic rings. The Morgan fingerprint density at radius 2 is 1.05 bits per heavy atom. The molecule has 0 saturated heterocycles. The Bertz CT molecular complexity index is 691. The number of hydrogen-bond donors (Lipinski definition) is 0. The van der Waals surface area contributed by atoms with Crippen LogP contribution in [0.1, 0.15) is 129 Å². The third-order valence-corrected chi connectivity index (χ3v) is 7.57. The van der Waals surface area contributed by atoms with Crippen molar-refractivity contribution < 1.29 is 0 Å². The summed E-state index contributed by atoms with van der Waals surface area (Å²) < 4.78 is 0. The van der Waals surface area contributed by atoms with Crippen LogP contribution in [0.25, 0.3) is 0 Å². The van der Waals surface area contributed by atoms with Crippen LogP contribution in [-0.2, 0) is 0 Å². The van der Waals surface area contributed by atoms with Crippen LogP contribution in [0.15, 0.2) is 86.0 Å². The number of unbranched alkanes of at least 4 members (excludes halogenated alkanes) is 2. The third-order valence-electron chi connectivity index (χ3n) is 7.57. The highest BCUT2D eigenvalue weighted by molar-refractivity contribution is 5.31. The molecular formula is C37H60. The minimum absolute atomic E-state index is 0.484. The van der Waals surface area contributed by atoms with E-state index in [1.165, 1.54) is 56.1 Å². The summed E-state index contributed by atoms with van der Waals surface area (Å²) in [5.74, 6) is 3.79. The molecule has 0 bridgehead atoms. The van der Waals surface area contributed by atoms with Gasteiger partial charge in [-0.1, -0.05) is 185 Å². The fraction of sp³-hybridized carbons (Fsp3) is 0.568. The van der Waals surface area contributed by atoms with Gasteiger partial charge in [0.25, 0.3) is 0 Å².